The van der Waals surface area contributed by atoms with Gasteiger partial charge < -0.3 is 10.2 Å². The molecule has 0 aromatic heterocycles. The second-order valence-electron chi connectivity index (χ2n) is 10.9. The molecule has 0 saturated heterocycles. The Morgan fingerprint density at radius 2 is 1.47 bits per heavy atom. The molecule has 2 amide bonds. The predicted molar refractivity (Wildman–Crippen MR) is 181 cm³/mol. The van der Waals surface area contributed by atoms with Gasteiger partial charge in [-0.15, -0.1) is 0 Å². The molecule has 0 spiro atoms. The fraction of sp³-hybridized carbons (Fsp3) is 0.257. The number of amides is 2. The Hall–Kier alpha value is -3.85. The summed E-state index contributed by atoms with van der Waals surface area (Å²) in [7, 11) is -4.23. The van der Waals surface area contributed by atoms with Gasteiger partial charge in [-0.1, -0.05) is 96.4 Å². The summed E-state index contributed by atoms with van der Waals surface area (Å²) in [5.41, 5.74) is 3.39. The van der Waals surface area contributed by atoms with Gasteiger partial charge in [-0.2, -0.15) is 0 Å². The van der Waals surface area contributed by atoms with Gasteiger partial charge in [0.2, 0.25) is 11.8 Å². The van der Waals surface area contributed by atoms with Crippen molar-refractivity contribution in [3.63, 3.8) is 0 Å². The van der Waals surface area contributed by atoms with Crippen molar-refractivity contribution < 1.29 is 18.0 Å². The average molecular weight is 667 g/mol. The van der Waals surface area contributed by atoms with Crippen LogP contribution in [0.1, 0.15) is 35.6 Å². The number of anilines is 1. The van der Waals surface area contributed by atoms with Gasteiger partial charge in [0, 0.05) is 29.6 Å². The summed E-state index contributed by atoms with van der Waals surface area (Å²) in [5.74, 6) is -0.873. The van der Waals surface area contributed by atoms with Crippen LogP contribution in [0.2, 0.25) is 10.0 Å². The lowest BCUT2D eigenvalue weighted by atomic mass is 10.0. The van der Waals surface area contributed by atoms with Gasteiger partial charge in [-0.25, -0.2) is 8.42 Å². The summed E-state index contributed by atoms with van der Waals surface area (Å²) in [6.45, 7) is 5.50. The van der Waals surface area contributed by atoms with E-state index in [-0.39, 0.29) is 29.5 Å². The zero-order valence-electron chi connectivity index (χ0n) is 25.5. The number of benzene rings is 4. The highest BCUT2D eigenvalue weighted by Crippen LogP contribution is 2.30. The van der Waals surface area contributed by atoms with E-state index in [0.29, 0.717) is 28.6 Å². The Bertz CT molecular complexity index is 1710. The first-order chi connectivity index (χ1) is 21.5. The number of aryl methyl sites for hydroxylation is 2. The normalized spacial score (nSPS) is 11.9. The van der Waals surface area contributed by atoms with Gasteiger partial charge in [-0.05, 0) is 73.4 Å². The molecule has 0 unspecified atom stereocenters. The molecule has 0 saturated carbocycles. The van der Waals surface area contributed by atoms with Crippen LogP contribution < -0.4 is 9.62 Å². The topological polar surface area (TPSA) is 86.8 Å². The van der Waals surface area contributed by atoms with Crippen molar-refractivity contribution in [3.05, 3.63) is 129 Å². The van der Waals surface area contributed by atoms with E-state index in [1.165, 1.54) is 23.1 Å². The quantitative estimate of drug-likeness (QED) is 0.167. The number of sulfonamides is 1. The predicted octanol–water partition coefficient (Wildman–Crippen LogP) is 6.97. The largest absolute Gasteiger partial charge is 0.354 e. The van der Waals surface area contributed by atoms with Gasteiger partial charge in [-0.3, -0.25) is 13.9 Å². The van der Waals surface area contributed by atoms with E-state index in [2.05, 4.69) is 5.32 Å². The SMILES string of the molecule is CCCNC(=O)[C@H](Cc1ccccc1)N(Cc1ccc(Cl)cc1)C(=O)CN(c1cc(Cl)ccc1C)S(=O)(=O)c1ccc(C)cc1. The Labute approximate surface area is 275 Å². The van der Waals surface area contributed by atoms with Crippen molar-refractivity contribution in [1.29, 1.82) is 0 Å². The molecule has 0 bridgehead atoms. The average Bonchev–Trinajstić information content (AvgIpc) is 3.03. The van der Waals surface area contributed by atoms with Crippen molar-refractivity contribution in [2.75, 3.05) is 17.4 Å². The first kappa shape index (κ1) is 34.0. The van der Waals surface area contributed by atoms with Crippen molar-refractivity contribution >= 4 is 50.7 Å². The highest BCUT2D eigenvalue weighted by atomic mass is 35.5. The van der Waals surface area contributed by atoms with E-state index < -0.39 is 28.5 Å². The number of hydrogen-bond donors (Lipinski definition) is 1. The van der Waals surface area contributed by atoms with Gasteiger partial charge in [0.05, 0.1) is 10.6 Å². The lowest BCUT2D eigenvalue weighted by molar-refractivity contribution is -0.140. The number of halogens is 2. The summed E-state index contributed by atoms with van der Waals surface area (Å²) in [4.78, 5) is 29.7. The summed E-state index contributed by atoms with van der Waals surface area (Å²) < 4.78 is 29.5. The fourth-order valence-electron chi connectivity index (χ4n) is 4.91. The third-order valence-corrected chi connectivity index (χ3v) is 9.68. The number of carbonyl (C=O) groups excluding carboxylic acids is 2. The molecule has 1 N–H and O–H groups in total. The summed E-state index contributed by atoms with van der Waals surface area (Å²) in [5, 5.41) is 3.80. The molecule has 0 aliphatic heterocycles. The molecule has 1 atom stereocenters. The molecular formula is C35H37Cl2N3O4S. The standard InChI is InChI=1S/C35H37Cl2N3O4S/c1-4-20-38-35(42)33(21-27-8-6-5-7-9-27)39(23-28-13-16-29(36)17-14-28)34(41)24-40(32-22-30(37)15-12-26(32)3)45(43,44)31-18-10-25(2)11-19-31/h5-19,22,33H,4,20-21,23-24H2,1-3H3,(H,38,42)/t33-/m0/s1. The van der Waals surface area contributed by atoms with Crippen LogP contribution >= 0.6 is 23.2 Å². The van der Waals surface area contributed by atoms with Crippen LogP contribution in [0.3, 0.4) is 0 Å². The van der Waals surface area contributed by atoms with Crippen molar-refractivity contribution in [3.8, 4) is 0 Å². The molecule has 0 heterocycles. The van der Waals surface area contributed by atoms with E-state index in [0.717, 1.165) is 21.0 Å². The van der Waals surface area contributed by atoms with Gasteiger partial charge in [0.25, 0.3) is 10.0 Å². The first-order valence-electron chi connectivity index (χ1n) is 14.7. The molecule has 45 heavy (non-hydrogen) atoms. The van der Waals surface area contributed by atoms with Crippen LogP contribution in [-0.2, 0) is 32.6 Å². The number of hydrogen-bond acceptors (Lipinski definition) is 4. The second-order valence-corrected chi connectivity index (χ2v) is 13.6. The third-order valence-electron chi connectivity index (χ3n) is 7.41. The van der Waals surface area contributed by atoms with Gasteiger partial charge in [0.15, 0.2) is 0 Å². The van der Waals surface area contributed by atoms with Gasteiger partial charge in [0.1, 0.15) is 12.6 Å². The van der Waals surface area contributed by atoms with E-state index in [1.807, 2.05) is 44.2 Å². The summed E-state index contributed by atoms with van der Waals surface area (Å²) in [6, 6.07) is 26.9. The first-order valence-corrected chi connectivity index (χ1v) is 16.9. The Morgan fingerprint density at radius 1 is 0.822 bits per heavy atom. The molecule has 0 radical (unpaired) electrons. The molecule has 4 aromatic rings. The maximum absolute atomic E-state index is 14.5. The van der Waals surface area contributed by atoms with Crippen LogP contribution in [0.15, 0.2) is 102 Å². The van der Waals surface area contributed by atoms with Gasteiger partial charge >= 0.3 is 0 Å². The lowest BCUT2D eigenvalue weighted by Crippen LogP contribution is -2.53. The molecule has 0 aliphatic carbocycles. The summed E-state index contributed by atoms with van der Waals surface area (Å²) in [6.07, 6.45) is 0.947. The molecular weight excluding hydrogens is 629 g/mol. The van der Waals surface area contributed by atoms with Crippen molar-refractivity contribution in [1.82, 2.24) is 10.2 Å². The number of carbonyl (C=O) groups is 2. The van der Waals surface area contributed by atoms with Crippen LogP contribution in [-0.4, -0.2) is 44.3 Å². The smallest absolute Gasteiger partial charge is 0.264 e. The maximum atomic E-state index is 14.5. The van der Waals surface area contributed by atoms with Crippen molar-refractivity contribution in [2.24, 2.45) is 0 Å². The Balaban J connectivity index is 1.82. The van der Waals surface area contributed by atoms with E-state index in [9.17, 15) is 18.0 Å². The van der Waals surface area contributed by atoms with Crippen molar-refractivity contribution in [2.45, 2.75) is 51.1 Å². The highest BCUT2D eigenvalue weighted by molar-refractivity contribution is 7.92. The second kappa shape index (κ2) is 15.4. The molecule has 0 fully saturated rings. The van der Waals surface area contributed by atoms with Crippen LogP contribution in [0.25, 0.3) is 0 Å². The van der Waals surface area contributed by atoms with E-state index in [4.69, 9.17) is 23.2 Å². The van der Waals surface area contributed by atoms with Crippen LogP contribution in [0.5, 0.6) is 0 Å². The minimum Gasteiger partial charge on any atom is -0.354 e. The van der Waals surface area contributed by atoms with E-state index in [1.54, 1.807) is 55.5 Å². The minimum absolute atomic E-state index is 0.0334. The van der Waals surface area contributed by atoms with Crippen LogP contribution in [0, 0.1) is 13.8 Å². The monoisotopic (exact) mass is 665 g/mol. The Morgan fingerprint density at radius 3 is 2.11 bits per heavy atom. The number of nitrogens with zero attached hydrogens (tertiary/aromatic N) is 2. The maximum Gasteiger partial charge on any atom is 0.264 e. The molecule has 0 aliphatic rings. The number of rotatable bonds is 13. The van der Waals surface area contributed by atoms with Crippen LogP contribution in [0.4, 0.5) is 5.69 Å². The molecule has 4 aromatic carbocycles. The molecule has 10 heteroatoms. The zero-order valence-corrected chi connectivity index (χ0v) is 27.9. The third kappa shape index (κ3) is 8.87. The summed E-state index contributed by atoms with van der Waals surface area (Å²) >= 11 is 12.5. The van der Waals surface area contributed by atoms with E-state index >= 15 is 0 Å². The zero-order chi connectivity index (χ0) is 32.6. The molecule has 7 nitrogen and oxygen atoms in total. The molecule has 4 rings (SSSR count). The highest BCUT2D eigenvalue weighted by Gasteiger charge is 2.35. The molecule has 236 valence electrons. The minimum atomic E-state index is -4.23. The lowest BCUT2D eigenvalue weighted by Gasteiger charge is -2.34. The number of nitrogens with one attached hydrogen (secondary N) is 1. The fourth-order valence-corrected chi connectivity index (χ4v) is 6.67. The Kier molecular flexibility index (Phi) is 11.7.